The van der Waals surface area contributed by atoms with Crippen molar-refractivity contribution in [3.05, 3.63) is 77.4 Å². The fraction of sp³-hybridized carbons (Fsp3) is 0.250. The van der Waals surface area contributed by atoms with Crippen LogP contribution >= 0.6 is 0 Å². The number of carbonyl (C=O) groups excluding carboxylic acids is 2. The van der Waals surface area contributed by atoms with Gasteiger partial charge < -0.3 is 10.0 Å². The van der Waals surface area contributed by atoms with Gasteiger partial charge in [0.1, 0.15) is 5.71 Å². The lowest BCUT2D eigenvalue weighted by Gasteiger charge is -2.08. The summed E-state index contributed by atoms with van der Waals surface area (Å²) in [7, 11) is 3.47. The highest BCUT2D eigenvalue weighted by Crippen LogP contribution is 2.11. The number of carboxylic acid groups (broad SMARTS) is 1. The highest BCUT2D eigenvalue weighted by atomic mass is 16.4. The summed E-state index contributed by atoms with van der Waals surface area (Å²) in [6, 6.07) is 15.9. The molecular formula is C24H26N2O4. The Hall–Kier alpha value is -3.54. The quantitative estimate of drug-likeness (QED) is 0.506. The monoisotopic (exact) mass is 406 g/mol. The molecule has 0 heterocycles. The van der Waals surface area contributed by atoms with Crippen molar-refractivity contribution in [2.45, 2.75) is 25.7 Å². The first-order valence-corrected chi connectivity index (χ1v) is 9.72. The average molecular weight is 406 g/mol. The first-order chi connectivity index (χ1) is 14.4. The summed E-state index contributed by atoms with van der Waals surface area (Å²) in [6.07, 6.45) is 5.89. The molecule has 156 valence electrons. The van der Waals surface area contributed by atoms with Gasteiger partial charge in [0, 0.05) is 32.5 Å². The Morgan fingerprint density at radius 1 is 1.03 bits per heavy atom. The lowest BCUT2D eigenvalue weighted by Crippen LogP contribution is -2.20. The number of benzene rings is 2. The largest absolute Gasteiger partial charge is 0.477 e. The van der Waals surface area contributed by atoms with E-state index in [1.165, 1.54) is 0 Å². The van der Waals surface area contributed by atoms with E-state index in [2.05, 4.69) is 4.99 Å². The minimum atomic E-state index is -1.21. The molecule has 0 spiro atoms. The third-order valence-corrected chi connectivity index (χ3v) is 4.40. The molecule has 0 aromatic heterocycles. The molecule has 0 fully saturated rings. The molecule has 0 bridgehead atoms. The van der Waals surface area contributed by atoms with Gasteiger partial charge in [-0.1, -0.05) is 54.6 Å². The van der Waals surface area contributed by atoms with E-state index in [9.17, 15) is 19.5 Å². The molecule has 0 aliphatic rings. The Kier molecular flexibility index (Phi) is 8.69. The molecule has 0 aliphatic carbocycles. The van der Waals surface area contributed by atoms with Gasteiger partial charge in [-0.25, -0.2) is 9.79 Å². The zero-order chi connectivity index (χ0) is 21.9. The van der Waals surface area contributed by atoms with E-state index in [1.54, 1.807) is 49.3 Å². The molecule has 2 aromatic carbocycles. The number of aliphatic carboxylic acids is 1. The van der Waals surface area contributed by atoms with Crippen LogP contribution in [0, 0.1) is 0 Å². The molecule has 0 aliphatic heterocycles. The molecule has 0 saturated heterocycles. The molecular weight excluding hydrogens is 380 g/mol. The standard InChI is InChI=1S/C24H26N2O4/c1-26(2)22(27)15-8-4-7-10-18-13-9-14-20(16-18)23(28)25-21(24(29)30)17-19-11-5-3-6-12-19/h3,5-7,9-14,16H,4,8,15,17H2,1-2H3,(H,29,30)/b10-7-,25-21+. The van der Waals surface area contributed by atoms with Gasteiger partial charge in [0.25, 0.3) is 5.91 Å². The Labute approximate surface area is 176 Å². The zero-order valence-corrected chi connectivity index (χ0v) is 17.2. The normalized spacial score (nSPS) is 11.5. The van der Waals surface area contributed by atoms with Gasteiger partial charge in [0.05, 0.1) is 0 Å². The van der Waals surface area contributed by atoms with Crippen LogP contribution in [0.2, 0.25) is 0 Å². The fourth-order valence-corrected chi connectivity index (χ4v) is 2.73. The van der Waals surface area contributed by atoms with E-state index >= 15 is 0 Å². The van der Waals surface area contributed by atoms with Crippen molar-refractivity contribution in [3.63, 3.8) is 0 Å². The van der Waals surface area contributed by atoms with E-state index in [0.717, 1.165) is 24.0 Å². The Bertz CT molecular complexity index is 947. The lowest BCUT2D eigenvalue weighted by molar-refractivity contribution is -0.130. The van der Waals surface area contributed by atoms with Crippen molar-refractivity contribution in [2.75, 3.05) is 14.1 Å². The molecule has 6 heteroatoms. The minimum Gasteiger partial charge on any atom is -0.477 e. The van der Waals surface area contributed by atoms with Crippen LogP contribution in [0.4, 0.5) is 0 Å². The number of carbonyl (C=O) groups is 3. The highest BCUT2D eigenvalue weighted by molar-refractivity contribution is 6.38. The first-order valence-electron chi connectivity index (χ1n) is 9.72. The number of aliphatic imine (C=N–C) groups is 1. The summed E-state index contributed by atoms with van der Waals surface area (Å²) >= 11 is 0. The Morgan fingerprint density at radius 2 is 1.77 bits per heavy atom. The van der Waals surface area contributed by atoms with Crippen LogP contribution in [0.15, 0.2) is 65.7 Å². The molecule has 2 aromatic rings. The summed E-state index contributed by atoms with van der Waals surface area (Å²) in [5.41, 5.74) is 1.72. The maximum atomic E-state index is 12.5. The second kappa shape index (κ2) is 11.5. The number of allylic oxidation sites excluding steroid dienone is 1. The van der Waals surface area contributed by atoms with Crippen LogP contribution in [0.3, 0.4) is 0 Å². The topological polar surface area (TPSA) is 87.0 Å². The van der Waals surface area contributed by atoms with Gasteiger partial charge >= 0.3 is 5.97 Å². The van der Waals surface area contributed by atoms with E-state index in [0.29, 0.717) is 12.0 Å². The first kappa shape index (κ1) is 22.7. The van der Waals surface area contributed by atoms with Crippen molar-refractivity contribution < 1.29 is 19.5 Å². The van der Waals surface area contributed by atoms with E-state index in [1.807, 2.05) is 36.4 Å². The van der Waals surface area contributed by atoms with Crippen LogP contribution in [0.5, 0.6) is 0 Å². The van der Waals surface area contributed by atoms with Crippen molar-refractivity contribution in [1.29, 1.82) is 0 Å². The van der Waals surface area contributed by atoms with Gasteiger partial charge in [-0.05, 0) is 36.1 Å². The van der Waals surface area contributed by atoms with Gasteiger partial charge in [0.2, 0.25) is 5.91 Å². The molecule has 2 amide bonds. The smallest absolute Gasteiger partial charge is 0.350 e. The van der Waals surface area contributed by atoms with Gasteiger partial charge in [-0.15, -0.1) is 0 Å². The third-order valence-electron chi connectivity index (χ3n) is 4.40. The number of hydrogen-bond acceptors (Lipinski definition) is 3. The van der Waals surface area contributed by atoms with Gasteiger partial charge in [-0.2, -0.15) is 0 Å². The molecule has 1 N–H and O–H groups in total. The number of amides is 2. The van der Waals surface area contributed by atoms with Crippen LogP contribution < -0.4 is 0 Å². The lowest BCUT2D eigenvalue weighted by atomic mass is 10.1. The number of rotatable bonds is 9. The molecule has 0 radical (unpaired) electrons. The number of hydrogen-bond donors (Lipinski definition) is 1. The van der Waals surface area contributed by atoms with Crippen molar-refractivity contribution in [1.82, 2.24) is 4.90 Å². The van der Waals surface area contributed by atoms with Crippen LogP contribution in [-0.2, 0) is 16.0 Å². The molecule has 0 saturated carbocycles. The summed E-state index contributed by atoms with van der Waals surface area (Å²) in [6.45, 7) is 0. The molecule has 0 unspecified atom stereocenters. The fourth-order valence-electron chi connectivity index (χ4n) is 2.73. The SMILES string of the molecule is CN(C)C(=O)CCC/C=C\c1cccc(C(=O)/N=C(\Cc2ccccc2)C(=O)O)c1. The number of carboxylic acids is 1. The van der Waals surface area contributed by atoms with Crippen molar-refractivity contribution in [2.24, 2.45) is 4.99 Å². The summed E-state index contributed by atoms with van der Waals surface area (Å²) in [4.78, 5) is 41.0. The second-order valence-electron chi connectivity index (χ2n) is 7.04. The Morgan fingerprint density at radius 3 is 2.43 bits per heavy atom. The third kappa shape index (κ3) is 7.47. The van der Waals surface area contributed by atoms with E-state index in [-0.39, 0.29) is 18.0 Å². The van der Waals surface area contributed by atoms with Gasteiger partial charge in [-0.3, -0.25) is 9.59 Å². The van der Waals surface area contributed by atoms with Crippen LogP contribution in [0.1, 0.15) is 40.7 Å². The average Bonchev–Trinajstić information content (AvgIpc) is 2.73. The van der Waals surface area contributed by atoms with Crippen molar-refractivity contribution in [3.8, 4) is 0 Å². The molecule has 6 nitrogen and oxygen atoms in total. The summed E-state index contributed by atoms with van der Waals surface area (Å²) < 4.78 is 0. The maximum Gasteiger partial charge on any atom is 0.350 e. The minimum absolute atomic E-state index is 0.0766. The summed E-state index contributed by atoms with van der Waals surface area (Å²) in [5, 5.41) is 9.40. The van der Waals surface area contributed by atoms with Crippen LogP contribution in [-0.4, -0.2) is 47.6 Å². The molecule has 30 heavy (non-hydrogen) atoms. The number of nitrogens with zero attached hydrogens (tertiary/aromatic N) is 2. The summed E-state index contributed by atoms with van der Waals surface area (Å²) in [5.74, 6) is -1.70. The highest BCUT2D eigenvalue weighted by Gasteiger charge is 2.14. The van der Waals surface area contributed by atoms with Crippen LogP contribution in [0.25, 0.3) is 6.08 Å². The maximum absolute atomic E-state index is 12.5. The second-order valence-corrected chi connectivity index (χ2v) is 7.04. The molecule has 2 rings (SSSR count). The van der Waals surface area contributed by atoms with Crippen molar-refractivity contribution >= 4 is 29.6 Å². The predicted octanol–water partition coefficient (Wildman–Crippen LogP) is 3.87. The van der Waals surface area contributed by atoms with Gasteiger partial charge in [0.15, 0.2) is 0 Å². The number of unbranched alkanes of at least 4 members (excludes halogenated alkanes) is 1. The van der Waals surface area contributed by atoms with E-state index < -0.39 is 11.9 Å². The zero-order valence-electron chi connectivity index (χ0n) is 17.2. The predicted molar refractivity (Wildman–Crippen MR) is 118 cm³/mol. The van der Waals surface area contributed by atoms with E-state index in [4.69, 9.17) is 0 Å². The Balaban J connectivity index is 2.03. The molecule has 0 atom stereocenters.